The van der Waals surface area contributed by atoms with Crippen LogP contribution in [0, 0.1) is 0 Å². The van der Waals surface area contributed by atoms with Crippen LogP contribution in [0.25, 0.3) is 21.8 Å². The van der Waals surface area contributed by atoms with Gasteiger partial charge in [0.05, 0.1) is 19.2 Å². The molecule has 1 saturated heterocycles. The van der Waals surface area contributed by atoms with E-state index < -0.39 is 6.10 Å². The molecule has 2 aromatic carbocycles. The van der Waals surface area contributed by atoms with Gasteiger partial charge in [-0.1, -0.05) is 48.2 Å². The van der Waals surface area contributed by atoms with Crippen molar-refractivity contribution in [3.05, 3.63) is 48.5 Å². The highest BCUT2D eigenvalue weighted by molar-refractivity contribution is 8.15. The lowest BCUT2D eigenvalue weighted by atomic mass is 10.2. The molecule has 1 unspecified atom stereocenters. The third-order valence-corrected chi connectivity index (χ3v) is 7.40. The summed E-state index contributed by atoms with van der Waals surface area (Å²) in [7, 11) is 0. The second-order valence-corrected chi connectivity index (χ2v) is 10.7. The molecule has 30 heavy (non-hydrogen) atoms. The summed E-state index contributed by atoms with van der Waals surface area (Å²) in [6.45, 7) is 10.7. The fourth-order valence-corrected chi connectivity index (χ4v) is 5.69. The third kappa shape index (κ3) is 3.84. The maximum atomic E-state index is 10.9. The zero-order valence-corrected chi connectivity index (χ0v) is 18.6. The van der Waals surface area contributed by atoms with E-state index in [0.717, 1.165) is 32.7 Å². The highest BCUT2D eigenvalue weighted by Crippen LogP contribution is 2.33. The maximum Gasteiger partial charge on any atom is 0.159 e. The van der Waals surface area contributed by atoms with Gasteiger partial charge in [0.1, 0.15) is 0 Å². The van der Waals surface area contributed by atoms with Gasteiger partial charge in [-0.05, 0) is 26.0 Å². The van der Waals surface area contributed by atoms with E-state index >= 15 is 0 Å². The number of aliphatic hydroxyl groups is 1. The number of aliphatic imine (C=N–C) groups is 1. The molecule has 6 heteroatoms. The van der Waals surface area contributed by atoms with Gasteiger partial charge in [0.2, 0.25) is 0 Å². The van der Waals surface area contributed by atoms with Gasteiger partial charge in [-0.3, -0.25) is 9.89 Å². The summed E-state index contributed by atoms with van der Waals surface area (Å²) in [5.74, 6) is 0. The van der Waals surface area contributed by atoms with E-state index in [9.17, 15) is 5.11 Å². The van der Waals surface area contributed by atoms with Gasteiger partial charge in [0.15, 0.2) is 5.17 Å². The van der Waals surface area contributed by atoms with Crippen molar-refractivity contribution in [2.75, 3.05) is 39.3 Å². The van der Waals surface area contributed by atoms with Crippen LogP contribution in [0.5, 0.6) is 0 Å². The van der Waals surface area contributed by atoms with Crippen LogP contribution in [0.15, 0.2) is 53.5 Å². The summed E-state index contributed by atoms with van der Waals surface area (Å²) in [6, 6.07) is 17.0. The Morgan fingerprint density at radius 3 is 2.10 bits per heavy atom. The normalized spacial score (nSPS) is 20.8. The summed E-state index contributed by atoms with van der Waals surface area (Å²) in [5.41, 5.74) is 2.39. The largest absolute Gasteiger partial charge is 0.390 e. The number of hydrogen-bond acceptors (Lipinski definition) is 5. The van der Waals surface area contributed by atoms with Crippen LogP contribution in [-0.2, 0) is 6.54 Å². The summed E-state index contributed by atoms with van der Waals surface area (Å²) in [5, 5.41) is 14.6. The van der Waals surface area contributed by atoms with Gasteiger partial charge in [-0.25, -0.2) is 0 Å². The highest BCUT2D eigenvalue weighted by atomic mass is 32.2. The van der Waals surface area contributed by atoms with Gasteiger partial charge < -0.3 is 14.6 Å². The molecule has 2 aliphatic heterocycles. The zero-order valence-electron chi connectivity index (χ0n) is 17.8. The Kier molecular flexibility index (Phi) is 5.25. The fraction of sp³-hybridized carbons (Fsp3) is 0.458. The van der Waals surface area contributed by atoms with Crippen LogP contribution in [0.2, 0.25) is 0 Å². The van der Waals surface area contributed by atoms with Gasteiger partial charge in [-0.2, -0.15) is 0 Å². The Balaban J connectivity index is 1.24. The number of aromatic nitrogens is 1. The van der Waals surface area contributed by atoms with E-state index in [2.05, 4.69) is 76.7 Å². The molecule has 0 bridgehead atoms. The first kappa shape index (κ1) is 19.9. The molecule has 0 spiro atoms. The van der Waals surface area contributed by atoms with Crippen molar-refractivity contribution in [2.45, 2.75) is 31.2 Å². The lowest BCUT2D eigenvalue weighted by Crippen LogP contribution is -2.50. The molecule has 3 heterocycles. The smallest absolute Gasteiger partial charge is 0.159 e. The molecular formula is C24H30N4OS. The van der Waals surface area contributed by atoms with Gasteiger partial charge >= 0.3 is 0 Å². The van der Waals surface area contributed by atoms with Crippen molar-refractivity contribution in [2.24, 2.45) is 4.99 Å². The number of fused-ring (bicyclic) bond motifs is 3. The number of rotatable bonds is 4. The Labute approximate surface area is 182 Å². The average Bonchev–Trinajstić information content (AvgIpc) is 3.27. The average molecular weight is 423 g/mol. The molecule has 2 aliphatic rings. The Morgan fingerprint density at radius 1 is 0.933 bits per heavy atom. The molecule has 1 fully saturated rings. The molecule has 0 radical (unpaired) electrons. The molecule has 5 nitrogen and oxygen atoms in total. The van der Waals surface area contributed by atoms with Crippen molar-refractivity contribution < 1.29 is 5.11 Å². The first-order chi connectivity index (χ1) is 14.5. The van der Waals surface area contributed by atoms with E-state index in [1.807, 2.05) is 11.8 Å². The van der Waals surface area contributed by atoms with E-state index in [0.29, 0.717) is 13.1 Å². The molecule has 1 N–H and O–H groups in total. The van der Waals surface area contributed by atoms with Crippen LogP contribution >= 0.6 is 11.8 Å². The SMILES string of the molecule is CC1(C)CN=C(N2CCN(CC(O)Cn3c4ccccc4c4ccccc43)CC2)S1. The lowest BCUT2D eigenvalue weighted by Gasteiger charge is -2.36. The lowest BCUT2D eigenvalue weighted by molar-refractivity contribution is 0.0808. The van der Waals surface area contributed by atoms with Crippen LogP contribution < -0.4 is 0 Å². The fourth-order valence-electron chi connectivity index (χ4n) is 4.62. The van der Waals surface area contributed by atoms with Crippen LogP contribution in [0.1, 0.15) is 13.8 Å². The summed E-state index contributed by atoms with van der Waals surface area (Å²) in [6.07, 6.45) is -0.395. The number of amidine groups is 1. The predicted octanol–water partition coefficient (Wildman–Crippen LogP) is 3.65. The second-order valence-electron chi connectivity index (χ2n) is 9.05. The van der Waals surface area contributed by atoms with E-state index in [1.165, 1.54) is 27.0 Å². The molecule has 5 rings (SSSR count). The van der Waals surface area contributed by atoms with Crippen molar-refractivity contribution >= 4 is 38.7 Å². The van der Waals surface area contributed by atoms with Crippen LogP contribution in [-0.4, -0.2) is 74.8 Å². The Morgan fingerprint density at radius 2 is 1.53 bits per heavy atom. The minimum atomic E-state index is -0.395. The Bertz CT molecular complexity index is 1030. The standard InChI is InChI=1S/C24H30N4OS/c1-24(2)17-25-23(30-24)27-13-11-26(12-14-27)15-18(29)16-28-21-9-5-3-7-19(21)20-8-4-6-10-22(20)28/h3-10,18,29H,11-17H2,1-2H3. The number of nitrogens with zero attached hydrogens (tertiary/aromatic N) is 4. The molecule has 0 amide bonds. The van der Waals surface area contributed by atoms with Crippen molar-refractivity contribution in [3.63, 3.8) is 0 Å². The van der Waals surface area contributed by atoms with E-state index in [4.69, 9.17) is 4.99 Å². The number of para-hydroxylation sites is 2. The molecule has 0 saturated carbocycles. The predicted molar refractivity (Wildman–Crippen MR) is 127 cm³/mol. The van der Waals surface area contributed by atoms with E-state index in [-0.39, 0.29) is 4.75 Å². The second kappa shape index (κ2) is 7.91. The number of benzene rings is 2. The molecule has 1 atom stereocenters. The molecule has 0 aliphatic carbocycles. The number of thioether (sulfide) groups is 1. The first-order valence-corrected chi connectivity index (χ1v) is 11.7. The topological polar surface area (TPSA) is 44.0 Å². The van der Waals surface area contributed by atoms with Gasteiger partial charge in [-0.15, -0.1) is 0 Å². The minimum absolute atomic E-state index is 0.227. The quantitative estimate of drug-likeness (QED) is 0.697. The first-order valence-electron chi connectivity index (χ1n) is 10.8. The maximum absolute atomic E-state index is 10.9. The summed E-state index contributed by atoms with van der Waals surface area (Å²) in [4.78, 5) is 9.54. The zero-order chi connectivity index (χ0) is 20.7. The van der Waals surface area contributed by atoms with Crippen molar-refractivity contribution in [1.82, 2.24) is 14.4 Å². The van der Waals surface area contributed by atoms with Crippen LogP contribution in [0.4, 0.5) is 0 Å². The molecule has 3 aromatic rings. The van der Waals surface area contributed by atoms with E-state index in [1.54, 1.807) is 0 Å². The number of aliphatic hydroxyl groups excluding tert-OH is 1. The highest BCUT2D eigenvalue weighted by Gasteiger charge is 2.31. The molecule has 1 aromatic heterocycles. The van der Waals surface area contributed by atoms with Gasteiger partial charge in [0, 0.05) is 59.3 Å². The van der Waals surface area contributed by atoms with Crippen molar-refractivity contribution in [1.29, 1.82) is 0 Å². The Hall–Kier alpha value is -2.02. The summed E-state index contributed by atoms with van der Waals surface area (Å²) < 4.78 is 2.50. The van der Waals surface area contributed by atoms with Crippen LogP contribution in [0.3, 0.4) is 0 Å². The molecular weight excluding hydrogens is 392 g/mol. The third-order valence-electron chi connectivity index (χ3n) is 6.15. The number of β-amino-alcohol motifs (C(OH)–C–C–N with tert-alkyl or cyclic N) is 1. The minimum Gasteiger partial charge on any atom is -0.390 e. The molecule has 158 valence electrons. The number of piperazine rings is 1. The monoisotopic (exact) mass is 422 g/mol. The van der Waals surface area contributed by atoms with Gasteiger partial charge in [0.25, 0.3) is 0 Å². The number of hydrogen-bond donors (Lipinski definition) is 1. The summed E-state index contributed by atoms with van der Waals surface area (Å²) >= 11 is 1.90. The van der Waals surface area contributed by atoms with Crippen molar-refractivity contribution in [3.8, 4) is 0 Å².